The molecular formula is C27H31N3O6S3. The average molecular weight is 590 g/mol. The van der Waals surface area contributed by atoms with Gasteiger partial charge >= 0.3 is 0 Å². The van der Waals surface area contributed by atoms with Crippen molar-refractivity contribution in [1.29, 1.82) is 0 Å². The van der Waals surface area contributed by atoms with Crippen LogP contribution in [0.3, 0.4) is 0 Å². The second-order valence-corrected chi connectivity index (χ2v) is 15.2. The van der Waals surface area contributed by atoms with Gasteiger partial charge in [0.2, 0.25) is 10.0 Å². The highest BCUT2D eigenvalue weighted by Gasteiger charge is 2.38. The summed E-state index contributed by atoms with van der Waals surface area (Å²) >= 11 is 1.15. The lowest BCUT2D eigenvalue weighted by Crippen LogP contribution is -2.48. The van der Waals surface area contributed by atoms with Gasteiger partial charge in [0.05, 0.1) is 18.0 Å². The number of ketones is 1. The Morgan fingerprint density at radius 3 is 2.59 bits per heavy atom. The first-order chi connectivity index (χ1) is 18.5. The van der Waals surface area contributed by atoms with Crippen molar-refractivity contribution in [3.8, 4) is 0 Å². The number of hydrogen-bond donors (Lipinski definition) is 0. The Labute approximate surface area is 233 Å². The summed E-state index contributed by atoms with van der Waals surface area (Å²) in [7, 11) is -5.54. The molecule has 39 heavy (non-hydrogen) atoms. The molecule has 3 aromatic rings. The maximum Gasteiger partial charge on any atom is 0.258 e. The summed E-state index contributed by atoms with van der Waals surface area (Å²) in [5.74, 6) is -0.304. The Morgan fingerprint density at radius 2 is 1.87 bits per heavy atom. The summed E-state index contributed by atoms with van der Waals surface area (Å²) in [6, 6.07) is 11.7. The maximum absolute atomic E-state index is 13.6. The molecule has 1 unspecified atom stereocenters. The van der Waals surface area contributed by atoms with Crippen LogP contribution in [-0.2, 0) is 31.3 Å². The fourth-order valence-corrected chi connectivity index (χ4v) is 8.70. The van der Waals surface area contributed by atoms with Gasteiger partial charge in [-0.15, -0.1) is 11.3 Å². The normalized spacial score (nSPS) is 18.4. The van der Waals surface area contributed by atoms with E-state index in [4.69, 9.17) is 0 Å². The lowest BCUT2D eigenvalue weighted by atomic mass is 9.93. The van der Waals surface area contributed by atoms with Crippen LogP contribution in [0.25, 0.3) is 10.8 Å². The van der Waals surface area contributed by atoms with E-state index in [1.54, 1.807) is 34.5 Å². The molecule has 0 bridgehead atoms. The standard InChI is InChI=1S/C27H31N3O6S3/c1-28(38(2,33)34)14-7-15-29-23-13-12-19(20-8-5-9-21(26(20)23)27(29)32)18-24(31)22-10-3-4-16-30(22)39(35,36)25-11-6-17-37-25/h5-6,8-9,11-13,17,22H,3-4,7,10,14-16,18H2,1-2H3. The minimum Gasteiger partial charge on any atom is -0.308 e. The fraction of sp³-hybridized carbons (Fsp3) is 0.407. The van der Waals surface area contributed by atoms with E-state index in [0.29, 0.717) is 44.5 Å². The summed E-state index contributed by atoms with van der Waals surface area (Å²) in [6.45, 7) is 0.970. The van der Waals surface area contributed by atoms with E-state index in [1.165, 1.54) is 15.7 Å². The second kappa shape index (κ2) is 10.7. The Hall–Kier alpha value is -2.64. The van der Waals surface area contributed by atoms with Gasteiger partial charge in [-0.2, -0.15) is 4.31 Å². The summed E-state index contributed by atoms with van der Waals surface area (Å²) in [4.78, 5) is 28.5. The van der Waals surface area contributed by atoms with E-state index >= 15 is 0 Å². The highest BCUT2D eigenvalue weighted by molar-refractivity contribution is 7.91. The molecule has 1 fully saturated rings. The number of anilines is 1. The first-order valence-electron chi connectivity index (χ1n) is 12.9. The van der Waals surface area contributed by atoms with Crippen molar-refractivity contribution in [3.05, 3.63) is 59.0 Å². The molecule has 3 heterocycles. The zero-order valence-electron chi connectivity index (χ0n) is 21.9. The predicted octanol–water partition coefficient (Wildman–Crippen LogP) is 3.50. The van der Waals surface area contributed by atoms with Crippen molar-refractivity contribution in [1.82, 2.24) is 8.61 Å². The summed E-state index contributed by atoms with van der Waals surface area (Å²) < 4.78 is 52.9. The number of carbonyl (C=O) groups is 2. The molecule has 0 spiro atoms. The van der Waals surface area contributed by atoms with Gasteiger partial charge < -0.3 is 4.90 Å². The van der Waals surface area contributed by atoms with E-state index in [9.17, 15) is 26.4 Å². The smallest absolute Gasteiger partial charge is 0.258 e. The number of hydrogen-bond acceptors (Lipinski definition) is 7. The SMILES string of the molecule is CN(CCCN1C(=O)c2cccc3c(CC(=O)C4CCCCN4S(=O)(=O)c4cccs4)ccc1c23)S(C)(=O)=O. The lowest BCUT2D eigenvalue weighted by Gasteiger charge is -2.33. The van der Waals surface area contributed by atoms with Crippen LogP contribution in [0.5, 0.6) is 0 Å². The molecule has 2 aliphatic rings. The number of rotatable bonds is 10. The minimum atomic E-state index is -3.75. The van der Waals surface area contributed by atoms with Crippen molar-refractivity contribution in [2.24, 2.45) is 0 Å². The molecule has 0 N–H and O–H groups in total. The molecule has 2 aliphatic heterocycles. The Kier molecular flexibility index (Phi) is 7.68. The van der Waals surface area contributed by atoms with Gasteiger partial charge in [0.1, 0.15) is 4.21 Å². The molecule has 208 valence electrons. The molecule has 9 nitrogen and oxygen atoms in total. The van der Waals surface area contributed by atoms with Crippen LogP contribution in [0.15, 0.2) is 52.1 Å². The number of nitrogens with zero attached hydrogens (tertiary/aromatic N) is 3. The highest BCUT2D eigenvalue weighted by atomic mass is 32.2. The van der Waals surface area contributed by atoms with Gasteiger partial charge in [0.15, 0.2) is 5.78 Å². The molecule has 1 amide bonds. The molecule has 0 saturated carbocycles. The number of carbonyl (C=O) groups excluding carboxylic acids is 2. The van der Waals surface area contributed by atoms with Crippen molar-refractivity contribution in [3.63, 3.8) is 0 Å². The van der Waals surface area contributed by atoms with Crippen molar-refractivity contribution >= 4 is 59.5 Å². The molecule has 5 rings (SSSR count). The zero-order valence-corrected chi connectivity index (χ0v) is 24.3. The molecule has 1 saturated heterocycles. The third-order valence-electron chi connectivity index (χ3n) is 7.54. The molecule has 2 aromatic carbocycles. The largest absolute Gasteiger partial charge is 0.308 e. The van der Waals surface area contributed by atoms with E-state index in [2.05, 4.69) is 0 Å². The average Bonchev–Trinajstić information content (AvgIpc) is 3.54. The first kappa shape index (κ1) is 27.9. The van der Waals surface area contributed by atoms with E-state index in [0.717, 1.165) is 46.0 Å². The maximum atomic E-state index is 13.6. The van der Waals surface area contributed by atoms with Crippen LogP contribution in [0, 0.1) is 0 Å². The molecule has 1 aromatic heterocycles. The van der Waals surface area contributed by atoms with Gasteiger partial charge in [0.25, 0.3) is 15.9 Å². The summed E-state index contributed by atoms with van der Waals surface area (Å²) in [6.07, 6.45) is 3.68. The molecular weight excluding hydrogens is 559 g/mol. The second-order valence-electron chi connectivity index (χ2n) is 10.1. The number of piperidine rings is 1. The quantitative estimate of drug-likeness (QED) is 0.358. The van der Waals surface area contributed by atoms with Gasteiger partial charge in [-0.1, -0.05) is 30.7 Å². The van der Waals surface area contributed by atoms with Crippen LogP contribution in [-0.4, -0.2) is 76.1 Å². The third kappa shape index (κ3) is 5.28. The van der Waals surface area contributed by atoms with Gasteiger partial charge in [-0.25, -0.2) is 21.1 Å². The van der Waals surface area contributed by atoms with Gasteiger partial charge in [0, 0.05) is 44.1 Å². The number of benzene rings is 2. The predicted molar refractivity (Wildman–Crippen MR) is 152 cm³/mol. The van der Waals surface area contributed by atoms with Crippen LogP contribution >= 0.6 is 11.3 Å². The Balaban J connectivity index is 1.39. The topological polar surface area (TPSA) is 112 Å². The zero-order chi connectivity index (χ0) is 27.9. The molecule has 0 radical (unpaired) electrons. The van der Waals surface area contributed by atoms with E-state index < -0.39 is 26.1 Å². The first-order valence-corrected chi connectivity index (χ1v) is 17.0. The number of Topliss-reactive ketones (excluding diaryl/α,β-unsaturated/α-hetero) is 1. The van der Waals surface area contributed by atoms with Crippen molar-refractivity contribution < 1.29 is 26.4 Å². The lowest BCUT2D eigenvalue weighted by molar-refractivity contribution is -0.122. The van der Waals surface area contributed by atoms with Crippen molar-refractivity contribution in [2.45, 2.75) is 42.4 Å². The van der Waals surface area contributed by atoms with E-state index in [-0.39, 0.29) is 22.3 Å². The molecule has 12 heteroatoms. The van der Waals surface area contributed by atoms with Gasteiger partial charge in [-0.05, 0) is 53.8 Å². The van der Waals surface area contributed by atoms with Crippen LogP contribution in [0.1, 0.15) is 41.6 Å². The number of amides is 1. The van der Waals surface area contributed by atoms with Crippen LogP contribution in [0.2, 0.25) is 0 Å². The monoisotopic (exact) mass is 589 g/mol. The summed E-state index contributed by atoms with van der Waals surface area (Å²) in [5, 5.41) is 3.29. The Bertz CT molecular complexity index is 1630. The third-order valence-corrected chi connectivity index (χ3v) is 12.1. The number of thiophene rings is 1. The van der Waals surface area contributed by atoms with Crippen LogP contribution < -0.4 is 4.90 Å². The molecule has 1 atom stereocenters. The summed E-state index contributed by atoms with van der Waals surface area (Å²) in [5.41, 5.74) is 2.04. The van der Waals surface area contributed by atoms with Crippen molar-refractivity contribution in [2.75, 3.05) is 37.8 Å². The van der Waals surface area contributed by atoms with Crippen LogP contribution in [0.4, 0.5) is 5.69 Å². The molecule has 0 aliphatic carbocycles. The van der Waals surface area contributed by atoms with E-state index in [1.807, 2.05) is 18.2 Å². The highest BCUT2D eigenvalue weighted by Crippen LogP contribution is 2.39. The Morgan fingerprint density at radius 1 is 1.08 bits per heavy atom. The van der Waals surface area contributed by atoms with Gasteiger partial charge in [-0.3, -0.25) is 9.59 Å². The minimum absolute atomic E-state index is 0.0642. The fourth-order valence-electron chi connectivity index (χ4n) is 5.45. The number of sulfonamides is 2.